The fraction of sp³-hybridized carbons (Fsp3) is 0.944. The van der Waals surface area contributed by atoms with E-state index in [0.717, 1.165) is 25.2 Å². The number of hydrogen-bond donors (Lipinski definition) is 1. The minimum atomic E-state index is -0.0469. The fourth-order valence-electron chi connectivity index (χ4n) is 7.00. The van der Waals surface area contributed by atoms with E-state index in [1.54, 1.807) is 0 Å². The third-order valence-corrected chi connectivity index (χ3v) is 7.30. The zero-order valence-electron chi connectivity index (χ0n) is 13.4. The summed E-state index contributed by atoms with van der Waals surface area (Å²) in [5, 5.41) is 3.25. The van der Waals surface area contributed by atoms with E-state index in [0.29, 0.717) is 16.7 Å². The molecule has 0 aromatic rings. The molecule has 5 saturated carbocycles. The highest BCUT2D eigenvalue weighted by Gasteiger charge is 2.60. The van der Waals surface area contributed by atoms with E-state index < -0.39 is 0 Å². The first kappa shape index (κ1) is 14.4. The fourth-order valence-corrected chi connectivity index (χ4v) is 7.34. The van der Waals surface area contributed by atoms with Gasteiger partial charge in [0.1, 0.15) is 0 Å². The molecule has 2 nitrogen and oxygen atoms in total. The Hall–Kier alpha value is -0.240. The standard InChI is InChI=1S/C18H28ClNO/c1-15-5-13-6-16(2,9-15)11-17(7-13,10-15)8-14(21)20-18(12-19)3-4-18/h13H,3-12H2,1-2H3,(H,20,21). The molecule has 0 saturated heterocycles. The van der Waals surface area contributed by atoms with Crippen molar-refractivity contribution in [1.29, 1.82) is 0 Å². The number of halogens is 1. The van der Waals surface area contributed by atoms with Crippen LogP contribution >= 0.6 is 11.6 Å². The number of nitrogens with one attached hydrogen (secondary N) is 1. The Morgan fingerprint density at radius 2 is 1.71 bits per heavy atom. The molecule has 5 fully saturated rings. The quantitative estimate of drug-likeness (QED) is 0.772. The molecule has 0 radical (unpaired) electrons. The second kappa shape index (κ2) is 4.19. The molecule has 1 N–H and O–H groups in total. The van der Waals surface area contributed by atoms with Crippen LogP contribution in [0.5, 0.6) is 0 Å². The van der Waals surface area contributed by atoms with Gasteiger partial charge in [-0.05, 0) is 73.5 Å². The van der Waals surface area contributed by atoms with Crippen molar-refractivity contribution in [3.05, 3.63) is 0 Å². The Bertz CT molecular complexity index is 466. The first-order chi connectivity index (χ1) is 9.78. The van der Waals surface area contributed by atoms with Crippen LogP contribution in [-0.2, 0) is 4.79 Å². The number of hydrogen-bond acceptors (Lipinski definition) is 1. The monoisotopic (exact) mass is 309 g/mol. The summed E-state index contributed by atoms with van der Waals surface area (Å²) in [7, 11) is 0. The van der Waals surface area contributed by atoms with Gasteiger partial charge in [-0.1, -0.05) is 13.8 Å². The smallest absolute Gasteiger partial charge is 0.221 e. The van der Waals surface area contributed by atoms with Crippen LogP contribution < -0.4 is 5.32 Å². The van der Waals surface area contributed by atoms with Gasteiger partial charge in [-0.25, -0.2) is 0 Å². The van der Waals surface area contributed by atoms with Crippen molar-refractivity contribution < 1.29 is 4.79 Å². The van der Waals surface area contributed by atoms with E-state index in [4.69, 9.17) is 11.6 Å². The summed E-state index contributed by atoms with van der Waals surface area (Å²) in [5.74, 6) is 1.71. The van der Waals surface area contributed by atoms with Gasteiger partial charge in [-0.15, -0.1) is 11.6 Å². The van der Waals surface area contributed by atoms with Crippen molar-refractivity contribution in [2.75, 3.05) is 5.88 Å². The van der Waals surface area contributed by atoms with Crippen molar-refractivity contribution >= 4 is 17.5 Å². The first-order valence-corrected chi connectivity index (χ1v) is 9.18. The average molecular weight is 310 g/mol. The summed E-state index contributed by atoms with van der Waals surface area (Å²) in [6, 6.07) is 0. The third-order valence-electron chi connectivity index (χ3n) is 6.79. The first-order valence-electron chi connectivity index (χ1n) is 8.65. The summed E-state index contributed by atoms with van der Waals surface area (Å²) < 4.78 is 0. The maximum atomic E-state index is 12.6. The molecular formula is C18H28ClNO. The van der Waals surface area contributed by atoms with Crippen LogP contribution in [0, 0.1) is 22.2 Å². The molecule has 21 heavy (non-hydrogen) atoms. The predicted octanol–water partition coefficient (Wildman–Crippen LogP) is 4.26. The number of carbonyl (C=O) groups excluding carboxylic acids is 1. The molecule has 3 heteroatoms. The van der Waals surface area contributed by atoms with E-state index in [1.807, 2.05) is 0 Å². The van der Waals surface area contributed by atoms with Crippen molar-refractivity contribution in [1.82, 2.24) is 5.32 Å². The van der Waals surface area contributed by atoms with Gasteiger partial charge in [-0.3, -0.25) is 4.79 Å². The van der Waals surface area contributed by atoms with Crippen LogP contribution in [0.2, 0.25) is 0 Å². The molecule has 5 rings (SSSR count). The van der Waals surface area contributed by atoms with Crippen LogP contribution in [0.4, 0.5) is 0 Å². The Balaban J connectivity index is 1.50. The van der Waals surface area contributed by atoms with Gasteiger partial charge in [0.25, 0.3) is 0 Å². The molecule has 2 unspecified atom stereocenters. The van der Waals surface area contributed by atoms with E-state index >= 15 is 0 Å². The summed E-state index contributed by atoms with van der Waals surface area (Å²) in [4.78, 5) is 12.6. The second-order valence-corrected chi connectivity index (χ2v) is 10.0. The highest BCUT2D eigenvalue weighted by Crippen LogP contribution is 2.70. The highest BCUT2D eigenvalue weighted by atomic mass is 35.5. The third kappa shape index (κ3) is 2.42. The second-order valence-electron chi connectivity index (χ2n) is 9.77. The zero-order valence-corrected chi connectivity index (χ0v) is 14.2. The van der Waals surface area contributed by atoms with E-state index in [9.17, 15) is 4.79 Å². The van der Waals surface area contributed by atoms with Crippen molar-refractivity contribution in [2.24, 2.45) is 22.2 Å². The lowest BCUT2D eigenvalue weighted by atomic mass is 9.40. The van der Waals surface area contributed by atoms with Crippen molar-refractivity contribution in [2.45, 2.75) is 77.2 Å². The van der Waals surface area contributed by atoms with Gasteiger partial charge in [0.05, 0.1) is 5.54 Å². The van der Waals surface area contributed by atoms with Crippen LogP contribution in [0.1, 0.15) is 71.6 Å². The molecule has 118 valence electrons. The lowest BCUT2D eigenvalue weighted by molar-refractivity contribution is -0.156. The molecule has 0 aliphatic heterocycles. The molecule has 0 heterocycles. The number of carbonyl (C=O) groups is 1. The van der Waals surface area contributed by atoms with Crippen LogP contribution in [0.15, 0.2) is 0 Å². The largest absolute Gasteiger partial charge is 0.349 e. The van der Waals surface area contributed by atoms with Crippen LogP contribution in [0.3, 0.4) is 0 Å². The van der Waals surface area contributed by atoms with Gasteiger partial charge in [-0.2, -0.15) is 0 Å². The molecular weight excluding hydrogens is 282 g/mol. The minimum absolute atomic E-state index is 0.0469. The normalized spacial score (nSPS) is 49.2. The topological polar surface area (TPSA) is 29.1 Å². The molecule has 0 spiro atoms. The molecule has 0 aromatic heterocycles. The predicted molar refractivity (Wildman–Crippen MR) is 85.3 cm³/mol. The van der Waals surface area contributed by atoms with E-state index in [1.165, 1.54) is 38.5 Å². The van der Waals surface area contributed by atoms with Crippen LogP contribution in [-0.4, -0.2) is 17.3 Å². The molecule has 5 aliphatic carbocycles. The molecule has 5 aliphatic rings. The molecule has 1 amide bonds. The van der Waals surface area contributed by atoms with Crippen molar-refractivity contribution in [3.8, 4) is 0 Å². The SMILES string of the molecule is CC12CC3CC(C)(C1)CC(CC(=O)NC1(CCl)CC1)(C3)C2. The Kier molecular flexibility index (Phi) is 2.86. The Morgan fingerprint density at radius 1 is 1.10 bits per heavy atom. The van der Waals surface area contributed by atoms with Gasteiger partial charge in [0, 0.05) is 12.3 Å². The Labute approximate surface area is 133 Å². The Morgan fingerprint density at radius 3 is 2.19 bits per heavy atom. The molecule has 0 aromatic carbocycles. The summed E-state index contributed by atoms with van der Waals surface area (Å²) >= 11 is 6.01. The number of alkyl halides is 1. The summed E-state index contributed by atoms with van der Waals surface area (Å²) in [5.41, 5.74) is 1.24. The number of amides is 1. The van der Waals surface area contributed by atoms with E-state index in [2.05, 4.69) is 19.2 Å². The van der Waals surface area contributed by atoms with Crippen LogP contribution in [0.25, 0.3) is 0 Å². The maximum Gasteiger partial charge on any atom is 0.221 e. The van der Waals surface area contributed by atoms with Gasteiger partial charge < -0.3 is 5.32 Å². The zero-order chi connectivity index (χ0) is 14.9. The maximum absolute atomic E-state index is 12.6. The molecule has 4 bridgehead atoms. The van der Waals surface area contributed by atoms with Gasteiger partial charge in [0.15, 0.2) is 0 Å². The molecule has 2 atom stereocenters. The number of rotatable bonds is 4. The highest BCUT2D eigenvalue weighted by molar-refractivity contribution is 6.19. The van der Waals surface area contributed by atoms with Gasteiger partial charge in [0.2, 0.25) is 5.91 Å². The minimum Gasteiger partial charge on any atom is -0.349 e. The lowest BCUT2D eigenvalue weighted by Gasteiger charge is -2.65. The summed E-state index contributed by atoms with van der Waals surface area (Å²) in [6.45, 7) is 4.95. The van der Waals surface area contributed by atoms with Crippen molar-refractivity contribution in [3.63, 3.8) is 0 Å². The summed E-state index contributed by atoms with van der Waals surface area (Å²) in [6.07, 6.45) is 10.9. The lowest BCUT2D eigenvalue weighted by Crippen LogP contribution is -2.56. The van der Waals surface area contributed by atoms with Gasteiger partial charge >= 0.3 is 0 Å². The average Bonchev–Trinajstić information content (AvgIpc) is 3.03. The van der Waals surface area contributed by atoms with E-state index in [-0.39, 0.29) is 16.9 Å².